The van der Waals surface area contributed by atoms with Crippen LogP contribution in [0.25, 0.3) is 22.8 Å². The van der Waals surface area contributed by atoms with Crippen LogP contribution in [0.5, 0.6) is 0 Å². The van der Waals surface area contributed by atoms with Crippen molar-refractivity contribution in [3.63, 3.8) is 0 Å². The van der Waals surface area contributed by atoms with Gasteiger partial charge in [-0.05, 0) is 12.1 Å². The summed E-state index contributed by atoms with van der Waals surface area (Å²) < 4.78 is 0.917. The SMILES string of the molecule is O=c1nc(-c2cccc(Br)c2)nc(-c2ccccc2)[nH]1. The summed E-state index contributed by atoms with van der Waals surface area (Å²) in [5.74, 6) is 0.925. The molecular formula is C15H10BrN3O. The van der Waals surface area contributed by atoms with Gasteiger partial charge in [-0.1, -0.05) is 58.4 Å². The van der Waals surface area contributed by atoms with Gasteiger partial charge in [0.15, 0.2) is 5.82 Å². The highest BCUT2D eigenvalue weighted by atomic mass is 79.9. The van der Waals surface area contributed by atoms with E-state index in [1.54, 1.807) is 0 Å². The molecule has 3 rings (SSSR count). The number of halogens is 1. The first-order valence-electron chi connectivity index (χ1n) is 6.02. The quantitative estimate of drug-likeness (QED) is 0.785. The molecule has 1 aromatic heterocycles. The molecule has 98 valence electrons. The van der Waals surface area contributed by atoms with Gasteiger partial charge < -0.3 is 0 Å². The van der Waals surface area contributed by atoms with Gasteiger partial charge in [0.25, 0.3) is 0 Å². The van der Waals surface area contributed by atoms with E-state index in [9.17, 15) is 4.79 Å². The first-order chi connectivity index (χ1) is 9.72. The highest BCUT2D eigenvalue weighted by molar-refractivity contribution is 9.10. The average molecular weight is 328 g/mol. The van der Waals surface area contributed by atoms with Gasteiger partial charge in [0.2, 0.25) is 0 Å². The van der Waals surface area contributed by atoms with Crippen LogP contribution in [0.1, 0.15) is 0 Å². The monoisotopic (exact) mass is 327 g/mol. The van der Waals surface area contributed by atoms with Crippen molar-refractivity contribution in [2.24, 2.45) is 0 Å². The van der Waals surface area contributed by atoms with Crippen molar-refractivity contribution < 1.29 is 0 Å². The lowest BCUT2D eigenvalue weighted by atomic mass is 10.2. The first-order valence-corrected chi connectivity index (χ1v) is 6.81. The summed E-state index contributed by atoms with van der Waals surface area (Å²) in [4.78, 5) is 22.7. The van der Waals surface area contributed by atoms with E-state index in [0.717, 1.165) is 15.6 Å². The van der Waals surface area contributed by atoms with Crippen molar-refractivity contribution in [3.05, 3.63) is 69.6 Å². The Morgan fingerprint density at radius 2 is 1.65 bits per heavy atom. The predicted molar refractivity (Wildman–Crippen MR) is 81.2 cm³/mol. The molecule has 0 radical (unpaired) electrons. The molecule has 1 heterocycles. The highest BCUT2D eigenvalue weighted by Crippen LogP contribution is 2.20. The molecule has 0 spiro atoms. The van der Waals surface area contributed by atoms with E-state index < -0.39 is 5.69 Å². The third kappa shape index (κ3) is 2.67. The minimum atomic E-state index is -0.408. The Morgan fingerprint density at radius 3 is 2.40 bits per heavy atom. The van der Waals surface area contributed by atoms with Gasteiger partial charge >= 0.3 is 5.69 Å². The number of H-pyrrole nitrogens is 1. The van der Waals surface area contributed by atoms with E-state index in [-0.39, 0.29) is 0 Å². The topological polar surface area (TPSA) is 58.6 Å². The number of aromatic nitrogens is 3. The third-order valence-corrected chi connectivity index (χ3v) is 3.27. The Morgan fingerprint density at radius 1 is 0.900 bits per heavy atom. The normalized spacial score (nSPS) is 10.4. The molecule has 0 saturated heterocycles. The zero-order valence-corrected chi connectivity index (χ0v) is 12.0. The number of aromatic amines is 1. The molecule has 5 heteroatoms. The highest BCUT2D eigenvalue weighted by Gasteiger charge is 2.07. The van der Waals surface area contributed by atoms with Crippen molar-refractivity contribution in [1.29, 1.82) is 0 Å². The second-order valence-electron chi connectivity index (χ2n) is 4.20. The lowest BCUT2D eigenvalue weighted by Crippen LogP contribution is -2.14. The minimum absolute atomic E-state index is 0.408. The summed E-state index contributed by atoms with van der Waals surface area (Å²) in [7, 11) is 0. The van der Waals surface area contributed by atoms with Gasteiger partial charge in [-0.3, -0.25) is 4.98 Å². The maximum atomic E-state index is 11.7. The van der Waals surface area contributed by atoms with E-state index in [1.807, 2.05) is 54.6 Å². The smallest absolute Gasteiger partial charge is 0.290 e. The van der Waals surface area contributed by atoms with Crippen LogP contribution < -0.4 is 5.69 Å². The van der Waals surface area contributed by atoms with E-state index in [4.69, 9.17) is 0 Å². The molecule has 3 aromatic rings. The maximum absolute atomic E-state index is 11.7. The maximum Gasteiger partial charge on any atom is 0.348 e. The minimum Gasteiger partial charge on any atom is -0.290 e. The molecule has 1 N–H and O–H groups in total. The third-order valence-electron chi connectivity index (χ3n) is 2.78. The number of hydrogen-bond donors (Lipinski definition) is 1. The first kappa shape index (κ1) is 12.7. The van der Waals surface area contributed by atoms with Gasteiger partial charge in [-0.25, -0.2) is 9.78 Å². The van der Waals surface area contributed by atoms with E-state index in [0.29, 0.717) is 11.6 Å². The molecule has 0 bridgehead atoms. The Hall–Kier alpha value is -2.27. The summed E-state index contributed by atoms with van der Waals surface area (Å²) in [6, 6.07) is 17.0. The van der Waals surface area contributed by atoms with Crippen LogP contribution in [-0.4, -0.2) is 15.0 Å². The van der Waals surface area contributed by atoms with E-state index in [1.165, 1.54) is 0 Å². The van der Waals surface area contributed by atoms with Crippen molar-refractivity contribution >= 4 is 15.9 Å². The molecule has 4 nitrogen and oxygen atoms in total. The van der Waals surface area contributed by atoms with Crippen LogP contribution in [0.3, 0.4) is 0 Å². The van der Waals surface area contributed by atoms with Crippen LogP contribution in [0.15, 0.2) is 63.9 Å². The van der Waals surface area contributed by atoms with Gasteiger partial charge in [0, 0.05) is 15.6 Å². The summed E-state index contributed by atoms with van der Waals surface area (Å²) in [5, 5.41) is 0. The Labute approximate surface area is 123 Å². The van der Waals surface area contributed by atoms with Gasteiger partial charge in [0.1, 0.15) is 5.82 Å². The van der Waals surface area contributed by atoms with Gasteiger partial charge in [0.05, 0.1) is 0 Å². The molecule has 0 atom stereocenters. The van der Waals surface area contributed by atoms with Crippen LogP contribution in [0.2, 0.25) is 0 Å². The second-order valence-corrected chi connectivity index (χ2v) is 5.12. The number of benzene rings is 2. The fraction of sp³-hybridized carbons (Fsp3) is 0. The van der Waals surface area contributed by atoms with Crippen LogP contribution in [0, 0.1) is 0 Å². The summed E-state index contributed by atoms with van der Waals surface area (Å²) in [5.41, 5.74) is 1.24. The number of nitrogens with one attached hydrogen (secondary N) is 1. The molecule has 0 amide bonds. The second kappa shape index (κ2) is 5.38. The lowest BCUT2D eigenvalue weighted by Gasteiger charge is -2.04. The van der Waals surface area contributed by atoms with Crippen LogP contribution >= 0.6 is 15.9 Å². The zero-order valence-electron chi connectivity index (χ0n) is 10.4. The molecule has 20 heavy (non-hydrogen) atoms. The Bertz CT molecular complexity index is 799. The van der Waals surface area contributed by atoms with E-state index in [2.05, 4.69) is 30.9 Å². The summed E-state index contributed by atoms with van der Waals surface area (Å²) >= 11 is 3.40. The fourth-order valence-corrected chi connectivity index (χ4v) is 2.27. The summed E-state index contributed by atoms with van der Waals surface area (Å²) in [6.07, 6.45) is 0. The Balaban J connectivity index is 2.15. The van der Waals surface area contributed by atoms with Crippen molar-refractivity contribution in [1.82, 2.24) is 15.0 Å². The zero-order chi connectivity index (χ0) is 13.9. The lowest BCUT2D eigenvalue weighted by molar-refractivity contribution is 1.00. The number of hydrogen-bond acceptors (Lipinski definition) is 3. The molecule has 0 aliphatic heterocycles. The van der Waals surface area contributed by atoms with Crippen molar-refractivity contribution in [3.8, 4) is 22.8 Å². The molecule has 0 aliphatic rings. The molecular weight excluding hydrogens is 318 g/mol. The average Bonchev–Trinajstić information content (AvgIpc) is 2.47. The van der Waals surface area contributed by atoms with Crippen molar-refractivity contribution in [2.45, 2.75) is 0 Å². The molecule has 2 aromatic carbocycles. The molecule has 0 fully saturated rings. The number of rotatable bonds is 2. The molecule has 0 aliphatic carbocycles. The number of nitrogens with zero attached hydrogens (tertiary/aromatic N) is 2. The standard InChI is InChI=1S/C15H10BrN3O/c16-12-8-4-7-11(9-12)14-17-13(18-15(20)19-14)10-5-2-1-3-6-10/h1-9H,(H,17,18,19,20). The molecule has 0 unspecified atom stereocenters. The Kier molecular flexibility index (Phi) is 3.43. The largest absolute Gasteiger partial charge is 0.348 e. The summed E-state index contributed by atoms with van der Waals surface area (Å²) in [6.45, 7) is 0. The van der Waals surface area contributed by atoms with Crippen molar-refractivity contribution in [2.75, 3.05) is 0 Å². The molecule has 0 saturated carbocycles. The van der Waals surface area contributed by atoms with Crippen LogP contribution in [0.4, 0.5) is 0 Å². The van der Waals surface area contributed by atoms with E-state index >= 15 is 0 Å². The van der Waals surface area contributed by atoms with Gasteiger partial charge in [-0.15, -0.1) is 0 Å². The predicted octanol–water partition coefficient (Wildman–Crippen LogP) is 3.26. The fourth-order valence-electron chi connectivity index (χ4n) is 1.87. The van der Waals surface area contributed by atoms with Gasteiger partial charge in [-0.2, -0.15) is 4.98 Å². The van der Waals surface area contributed by atoms with Crippen LogP contribution in [-0.2, 0) is 0 Å².